The van der Waals surface area contributed by atoms with Crippen LogP contribution in [-0.2, 0) is 11.3 Å². The zero-order chi connectivity index (χ0) is 32.2. The van der Waals surface area contributed by atoms with Gasteiger partial charge in [-0.2, -0.15) is 0 Å². The van der Waals surface area contributed by atoms with Crippen molar-refractivity contribution in [3.8, 4) is 11.5 Å². The molecular formula is C35H38N6O4S. The van der Waals surface area contributed by atoms with Crippen LogP contribution in [0.3, 0.4) is 0 Å². The summed E-state index contributed by atoms with van der Waals surface area (Å²) in [4.78, 5) is 35.0. The number of aryl methyl sites for hydroxylation is 1. The van der Waals surface area contributed by atoms with Gasteiger partial charge < -0.3 is 23.8 Å². The predicted octanol–water partition coefficient (Wildman–Crippen LogP) is 5.60. The molecular weight excluding hydrogens is 600 g/mol. The summed E-state index contributed by atoms with van der Waals surface area (Å²) >= 11 is 1.52. The first-order chi connectivity index (χ1) is 22.3. The van der Waals surface area contributed by atoms with E-state index in [0.717, 1.165) is 27.6 Å². The molecule has 1 saturated heterocycles. The van der Waals surface area contributed by atoms with Crippen molar-refractivity contribution in [2.75, 3.05) is 39.6 Å². The van der Waals surface area contributed by atoms with Gasteiger partial charge in [0.2, 0.25) is 11.1 Å². The minimum atomic E-state index is -0.116. The van der Waals surface area contributed by atoms with Crippen LogP contribution in [0.2, 0.25) is 0 Å². The number of ether oxygens (including phenoxy) is 2. The standard InChI is InChI=1S/C35H38N6O4S/c1-23-12-13-30-29(17-23)32-33(41(30)22-25-9-6-5-7-10-25)36-35(38-37-32)46-16-8-11-31(42)39-14-15-40(24(2)21-39)34(43)26-18-27(44-3)20-28(19-26)45-4/h5-7,9-10,12-13,17-20,24H,8,11,14-16,21-22H2,1-4H3/t24-/m1/s1. The van der Waals surface area contributed by atoms with Crippen LogP contribution < -0.4 is 9.47 Å². The molecule has 6 rings (SSSR count). The number of thioether (sulfide) groups is 1. The molecule has 2 amide bonds. The van der Waals surface area contributed by atoms with Gasteiger partial charge in [0.1, 0.15) is 17.0 Å². The maximum absolute atomic E-state index is 13.3. The monoisotopic (exact) mass is 638 g/mol. The number of carbonyl (C=O) groups excluding carboxylic acids is 2. The number of hydrogen-bond donors (Lipinski definition) is 0. The highest BCUT2D eigenvalue weighted by Gasteiger charge is 2.30. The summed E-state index contributed by atoms with van der Waals surface area (Å²) in [6.07, 6.45) is 1.11. The SMILES string of the molecule is COc1cc(OC)cc(C(=O)N2CCN(C(=O)CCCSc3nnc4c5cc(C)ccc5n(Cc5ccccc5)c4n3)C[C@H]2C)c1. The molecule has 3 aromatic carbocycles. The minimum Gasteiger partial charge on any atom is -0.497 e. The highest BCUT2D eigenvalue weighted by molar-refractivity contribution is 7.99. The van der Waals surface area contributed by atoms with Gasteiger partial charge in [-0.3, -0.25) is 9.59 Å². The van der Waals surface area contributed by atoms with Crippen LogP contribution in [0.4, 0.5) is 0 Å². The Kier molecular flexibility index (Phi) is 9.39. The fraction of sp³-hybridized carbons (Fsp3) is 0.343. The Morgan fingerprint density at radius 3 is 2.43 bits per heavy atom. The molecule has 0 radical (unpaired) electrons. The van der Waals surface area contributed by atoms with Crippen LogP contribution in [0.25, 0.3) is 22.1 Å². The molecule has 0 unspecified atom stereocenters. The maximum atomic E-state index is 13.3. The number of methoxy groups -OCH3 is 2. The third-order valence-corrected chi connectivity index (χ3v) is 9.32. The second-order valence-corrected chi connectivity index (χ2v) is 12.7. The van der Waals surface area contributed by atoms with Gasteiger partial charge in [0.25, 0.3) is 5.91 Å². The summed E-state index contributed by atoms with van der Waals surface area (Å²) in [5.74, 6) is 1.82. The second kappa shape index (κ2) is 13.8. The molecule has 0 bridgehead atoms. The van der Waals surface area contributed by atoms with E-state index in [4.69, 9.17) is 14.5 Å². The van der Waals surface area contributed by atoms with Crippen LogP contribution in [0, 0.1) is 6.92 Å². The average molecular weight is 639 g/mol. The lowest BCUT2D eigenvalue weighted by atomic mass is 10.1. The van der Waals surface area contributed by atoms with Gasteiger partial charge in [-0.1, -0.05) is 53.7 Å². The van der Waals surface area contributed by atoms with Crippen LogP contribution in [0.5, 0.6) is 11.5 Å². The Hall–Kier alpha value is -4.64. The lowest BCUT2D eigenvalue weighted by Gasteiger charge is -2.40. The quantitative estimate of drug-likeness (QED) is 0.144. The van der Waals surface area contributed by atoms with E-state index in [1.54, 1.807) is 32.4 Å². The molecule has 1 atom stereocenters. The minimum absolute atomic E-state index is 0.0930. The van der Waals surface area contributed by atoms with Crippen molar-refractivity contribution in [1.29, 1.82) is 0 Å². The van der Waals surface area contributed by atoms with E-state index in [0.29, 0.717) is 67.0 Å². The number of amides is 2. The largest absolute Gasteiger partial charge is 0.497 e. The van der Waals surface area contributed by atoms with E-state index in [-0.39, 0.29) is 17.9 Å². The van der Waals surface area contributed by atoms with Gasteiger partial charge in [0, 0.05) is 61.4 Å². The van der Waals surface area contributed by atoms with E-state index in [9.17, 15) is 9.59 Å². The highest BCUT2D eigenvalue weighted by atomic mass is 32.2. The zero-order valence-corrected chi connectivity index (χ0v) is 27.4. The molecule has 0 N–H and O–H groups in total. The Labute approximate surface area is 272 Å². The summed E-state index contributed by atoms with van der Waals surface area (Å²) in [6.45, 7) is 6.20. The number of aromatic nitrogens is 4. The van der Waals surface area contributed by atoms with Crippen molar-refractivity contribution < 1.29 is 19.1 Å². The number of rotatable bonds is 10. The molecule has 0 aliphatic carbocycles. The summed E-state index contributed by atoms with van der Waals surface area (Å²) in [7, 11) is 3.12. The van der Waals surface area contributed by atoms with Crippen LogP contribution >= 0.6 is 11.8 Å². The first-order valence-corrected chi connectivity index (χ1v) is 16.4. The molecule has 1 aliphatic heterocycles. The van der Waals surface area contributed by atoms with Crippen LogP contribution in [0.15, 0.2) is 71.9 Å². The molecule has 1 fully saturated rings. The smallest absolute Gasteiger partial charge is 0.254 e. The fourth-order valence-corrected chi connectivity index (χ4v) is 6.69. The molecule has 11 heteroatoms. The molecule has 5 aromatic rings. The molecule has 0 saturated carbocycles. The topological polar surface area (TPSA) is 103 Å². The average Bonchev–Trinajstić information content (AvgIpc) is 3.37. The zero-order valence-electron chi connectivity index (χ0n) is 26.6. The van der Waals surface area contributed by atoms with Gasteiger partial charge in [-0.25, -0.2) is 4.98 Å². The van der Waals surface area contributed by atoms with Crippen molar-refractivity contribution in [1.82, 2.24) is 29.5 Å². The van der Waals surface area contributed by atoms with Crippen LogP contribution in [0.1, 0.15) is 41.3 Å². The Morgan fingerprint density at radius 1 is 0.957 bits per heavy atom. The second-order valence-electron chi connectivity index (χ2n) is 11.6. The summed E-state index contributed by atoms with van der Waals surface area (Å²) in [6, 6.07) is 21.8. The summed E-state index contributed by atoms with van der Waals surface area (Å²) in [5.41, 5.74) is 5.55. The first kappa shape index (κ1) is 31.3. The number of carbonyl (C=O) groups is 2. The molecule has 10 nitrogen and oxygen atoms in total. The van der Waals surface area contributed by atoms with E-state index in [1.807, 2.05) is 34.9 Å². The van der Waals surface area contributed by atoms with Gasteiger partial charge in [-0.15, -0.1) is 10.2 Å². The van der Waals surface area contributed by atoms with Crippen molar-refractivity contribution in [2.24, 2.45) is 0 Å². The molecule has 238 valence electrons. The Morgan fingerprint density at radius 2 is 1.72 bits per heavy atom. The van der Waals surface area contributed by atoms with Crippen LogP contribution in [-0.4, -0.2) is 87.0 Å². The van der Waals surface area contributed by atoms with Crippen molar-refractivity contribution in [2.45, 2.75) is 44.4 Å². The maximum Gasteiger partial charge on any atom is 0.254 e. The van der Waals surface area contributed by atoms with E-state index < -0.39 is 0 Å². The number of hydrogen-bond acceptors (Lipinski definition) is 8. The van der Waals surface area contributed by atoms with Gasteiger partial charge in [0.05, 0.1) is 19.7 Å². The Balaban J connectivity index is 1.06. The number of piperazine rings is 1. The normalized spacial score (nSPS) is 15.0. The molecule has 46 heavy (non-hydrogen) atoms. The Bertz CT molecular complexity index is 1860. The van der Waals surface area contributed by atoms with Gasteiger partial charge in [-0.05, 0) is 50.1 Å². The number of benzene rings is 3. The molecule has 0 spiro atoms. The predicted molar refractivity (Wildman–Crippen MR) is 180 cm³/mol. The van der Waals surface area contributed by atoms with Crippen molar-refractivity contribution in [3.63, 3.8) is 0 Å². The van der Waals surface area contributed by atoms with Crippen molar-refractivity contribution in [3.05, 3.63) is 83.4 Å². The summed E-state index contributed by atoms with van der Waals surface area (Å²) < 4.78 is 12.9. The molecule has 3 heterocycles. The number of nitrogens with zero attached hydrogens (tertiary/aromatic N) is 6. The summed E-state index contributed by atoms with van der Waals surface area (Å²) in [5, 5.41) is 10.7. The van der Waals surface area contributed by atoms with Gasteiger partial charge >= 0.3 is 0 Å². The number of fused-ring (bicyclic) bond motifs is 3. The lowest BCUT2D eigenvalue weighted by molar-refractivity contribution is -0.133. The van der Waals surface area contributed by atoms with Gasteiger partial charge in [0.15, 0.2) is 5.65 Å². The van der Waals surface area contributed by atoms with E-state index >= 15 is 0 Å². The third-order valence-electron chi connectivity index (χ3n) is 8.39. The van der Waals surface area contributed by atoms with Crippen molar-refractivity contribution >= 4 is 45.6 Å². The molecule has 1 aliphatic rings. The van der Waals surface area contributed by atoms with E-state index in [2.05, 4.69) is 52.0 Å². The highest BCUT2D eigenvalue weighted by Crippen LogP contribution is 2.30. The lowest BCUT2D eigenvalue weighted by Crippen LogP contribution is -2.55. The first-order valence-electron chi connectivity index (χ1n) is 15.5. The van der Waals surface area contributed by atoms with E-state index in [1.165, 1.54) is 17.3 Å². The molecule has 2 aromatic heterocycles. The third kappa shape index (κ3) is 6.64. The fourth-order valence-electron chi connectivity index (χ4n) is 5.97.